The highest BCUT2D eigenvalue weighted by atomic mass is 32.2. The SMILES string of the molecule is Cc1ccccc1CSc1ncnc2c1sc1nc(-c3ccccc3)c3c(c12)CC(C)(C)OC3. The smallest absolute Gasteiger partial charge is 0.127 e. The maximum atomic E-state index is 6.24. The topological polar surface area (TPSA) is 47.9 Å². The Morgan fingerprint density at radius 2 is 1.79 bits per heavy atom. The summed E-state index contributed by atoms with van der Waals surface area (Å²) in [7, 11) is 0. The molecule has 34 heavy (non-hydrogen) atoms. The van der Waals surface area contributed by atoms with Gasteiger partial charge < -0.3 is 4.74 Å². The molecule has 0 atom stereocenters. The maximum absolute atomic E-state index is 6.24. The lowest BCUT2D eigenvalue weighted by Crippen LogP contribution is -2.32. The minimum Gasteiger partial charge on any atom is -0.370 e. The van der Waals surface area contributed by atoms with Gasteiger partial charge in [-0.25, -0.2) is 15.0 Å². The molecule has 0 amide bonds. The van der Waals surface area contributed by atoms with Gasteiger partial charge in [0.15, 0.2) is 0 Å². The fourth-order valence-electron chi connectivity index (χ4n) is 4.64. The van der Waals surface area contributed by atoms with Gasteiger partial charge in [0.25, 0.3) is 0 Å². The Morgan fingerprint density at radius 1 is 1.00 bits per heavy atom. The van der Waals surface area contributed by atoms with Gasteiger partial charge in [-0.3, -0.25) is 0 Å². The summed E-state index contributed by atoms with van der Waals surface area (Å²) < 4.78 is 7.37. The molecule has 0 bridgehead atoms. The summed E-state index contributed by atoms with van der Waals surface area (Å²) in [6.45, 7) is 7.05. The van der Waals surface area contributed by atoms with E-state index in [1.807, 2.05) is 6.07 Å². The first-order valence-corrected chi connectivity index (χ1v) is 13.3. The van der Waals surface area contributed by atoms with Crippen LogP contribution < -0.4 is 0 Å². The van der Waals surface area contributed by atoms with E-state index in [4.69, 9.17) is 14.7 Å². The zero-order valence-electron chi connectivity index (χ0n) is 19.5. The van der Waals surface area contributed by atoms with Gasteiger partial charge in [0, 0.05) is 28.7 Å². The van der Waals surface area contributed by atoms with Crippen LogP contribution >= 0.6 is 23.1 Å². The van der Waals surface area contributed by atoms with E-state index in [1.165, 1.54) is 27.6 Å². The van der Waals surface area contributed by atoms with Gasteiger partial charge in [-0.05, 0) is 37.5 Å². The molecule has 0 radical (unpaired) electrons. The van der Waals surface area contributed by atoms with Crippen LogP contribution in [0, 0.1) is 6.92 Å². The number of hydrogen-bond acceptors (Lipinski definition) is 6. The lowest BCUT2D eigenvalue weighted by Gasteiger charge is -2.33. The van der Waals surface area contributed by atoms with Gasteiger partial charge in [-0.2, -0.15) is 0 Å². The fraction of sp³-hybridized carbons (Fsp3) is 0.250. The van der Waals surface area contributed by atoms with Crippen LogP contribution in [0.5, 0.6) is 0 Å². The van der Waals surface area contributed by atoms with Crippen molar-refractivity contribution in [1.82, 2.24) is 15.0 Å². The van der Waals surface area contributed by atoms with Gasteiger partial charge in [-0.1, -0.05) is 54.6 Å². The number of benzene rings is 2. The number of hydrogen-bond donors (Lipinski definition) is 0. The number of aromatic nitrogens is 3. The minimum atomic E-state index is -0.223. The average molecular weight is 484 g/mol. The van der Waals surface area contributed by atoms with E-state index in [-0.39, 0.29) is 5.60 Å². The van der Waals surface area contributed by atoms with Crippen molar-refractivity contribution >= 4 is 43.5 Å². The van der Waals surface area contributed by atoms with Crippen molar-refractivity contribution in [2.45, 2.75) is 50.2 Å². The standard InChI is InChI=1S/C28H25N3OS2/c1-17-9-7-8-12-19(17)15-33-27-25-24(29-16-30-27)22-20-13-28(2,3)32-14-21(20)23(31-26(22)34-25)18-10-5-4-6-11-18/h4-12,16H,13-15H2,1-3H3. The van der Waals surface area contributed by atoms with E-state index in [2.05, 4.69) is 74.3 Å². The molecule has 1 aliphatic heterocycles. The molecule has 0 saturated carbocycles. The Labute approximate surface area is 207 Å². The van der Waals surface area contributed by atoms with Crippen LogP contribution in [0.25, 0.3) is 31.7 Å². The number of nitrogens with zero attached hydrogens (tertiary/aromatic N) is 3. The van der Waals surface area contributed by atoms with Crippen molar-refractivity contribution in [3.63, 3.8) is 0 Å². The van der Waals surface area contributed by atoms with Crippen molar-refractivity contribution in [2.24, 2.45) is 0 Å². The Balaban J connectivity index is 1.54. The molecule has 0 aliphatic carbocycles. The highest BCUT2D eigenvalue weighted by Gasteiger charge is 2.32. The molecular weight excluding hydrogens is 458 g/mol. The molecule has 0 unspecified atom stereocenters. The first-order chi connectivity index (χ1) is 16.5. The van der Waals surface area contributed by atoms with Crippen molar-refractivity contribution in [3.05, 3.63) is 83.2 Å². The van der Waals surface area contributed by atoms with E-state index in [9.17, 15) is 0 Å². The first kappa shape index (κ1) is 21.7. The molecule has 170 valence electrons. The monoisotopic (exact) mass is 483 g/mol. The van der Waals surface area contributed by atoms with E-state index in [0.29, 0.717) is 6.61 Å². The molecule has 6 heteroatoms. The second kappa shape index (κ2) is 8.45. The Morgan fingerprint density at radius 3 is 2.62 bits per heavy atom. The van der Waals surface area contributed by atoms with E-state index < -0.39 is 0 Å². The second-order valence-corrected chi connectivity index (χ2v) is 11.3. The van der Waals surface area contributed by atoms with Gasteiger partial charge in [-0.15, -0.1) is 23.1 Å². The molecule has 3 aromatic heterocycles. The van der Waals surface area contributed by atoms with E-state index in [0.717, 1.165) is 43.5 Å². The molecule has 6 rings (SSSR count). The lowest BCUT2D eigenvalue weighted by molar-refractivity contribution is -0.0394. The zero-order valence-corrected chi connectivity index (χ0v) is 21.1. The molecule has 2 aromatic carbocycles. The maximum Gasteiger partial charge on any atom is 0.127 e. The van der Waals surface area contributed by atoms with Crippen LogP contribution in [-0.2, 0) is 23.5 Å². The number of pyridine rings is 1. The summed E-state index contributed by atoms with van der Waals surface area (Å²) in [4.78, 5) is 15.7. The van der Waals surface area contributed by atoms with Crippen LogP contribution in [0.3, 0.4) is 0 Å². The number of ether oxygens (including phenoxy) is 1. The van der Waals surface area contributed by atoms with Gasteiger partial charge in [0.1, 0.15) is 16.2 Å². The summed E-state index contributed by atoms with van der Waals surface area (Å²) >= 11 is 3.49. The fourth-order valence-corrected chi connectivity index (χ4v) is 6.95. The Bertz CT molecular complexity index is 1530. The molecule has 0 N–H and O–H groups in total. The molecule has 0 fully saturated rings. The average Bonchev–Trinajstić information content (AvgIpc) is 3.22. The van der Waals surface area contributed by atoms with Crippen molar-refractivity contribution < 1.29 is 4.74 Å². The summed E-state index contributed by atoms with van der Waals surface area (Å²) in [6.07, 6.45) is 2.54. The van der Waals surface area contributed by atoms with Crippen LogP contribution in [0.2, 0.25) is 0 Å². The summed E-state index contributed by atoms with van der Waals surface area (Å²) in [5, 5.41) is 2.20. The second-order valence-electron chi connectivity index (χ2n) is 9.36. The zero-order chi connectivity index (χ0) is 23.3. The van der Waals surface area contributed by atoms with Crippen molar-refractivity contribution in [2.75, 3.05) is 0 Å². The normalized spacial score (nSPS) is 15.0. The van der Waals surface area contributed by atoms with Gasteiger partial charge in [0.05, 0.1) is 28.1 Å². The quantitative estimate of drug-likeness (QED) is 0.197. The van der Waals surface area contributed by atoms with Crippen LogP contribution in [0.1, 0.15) is 36.1 Å². The van der Waals surface area contributed by atoms with E-state index in [1.54, 1.807) is 29.4 Å². The number of rotatable bonds is 4. The molecule has 5 aromatic rings. The van der Waals surface area contributed by atoms with Crippen LogP contribution in [-0.4, -0.2) is 20.6 Å². The van der Waals surface area contributed by atoms with Gasteiger partial charge >= 0.3 is 0 Å². The van der Waals surface area contributed by atoms with Gasteiger partial charge in [0.2, 0.25) is 0 Å². The highest BCUT2D eigenvalue weighted by molar-refractivity contribution is 7.98. The minimum absolute atomic E-state index is 0.223. The third kappa shape index (κ3) is 3.80. The largest absolute Gasteiger partial charge is 0.370 e. The van der Waals surface area contributed by atoms with Crippen LogP contribution in [0.15, 0.2) is 66.0 Å². The number of fused-ring (bicyclic) bond motifs is 5. The Hall–Kier alpha value is -2.80. The summed E-state index contributed by atoms with van der Waals surface area (Å²) in [5.74, 6) is 0.884. The molecule has 0 saturated heterocycles. The molecule has 4 nitrogen and oxygen atoms in total. The lowest BCUT2D eigenvalue weighted by atomic mass is 9.88. The predicted octanol–water partition coefficient (Wildman–Crippen LogP) is 7.36. The van der Waals surface area contributed by atoms with Crippen LogP contribution in [0.4, 0.5) is 0 Å². The molecule has 0 spiro atoms. The third-order valence-electron chi connectivity index (χ3n) is 6.47. The molecule has 4 heterocycles. The van der Waals surface area contributed by atoms with E-state index >= 15 is 0 Å². The molecule has 1 aliphatic rings. The number of thioether (sulfide) groups is 1. The number of thiophene rings is 1. The Kier molecular flexibility index (Phi) is 5.40. The highest BCUT2D eigenvalue weighted by Crippen LogP contribution is 2.44. The van der Waals surface area contributed by atoms with Crippen molar-refractivity contribution in [1.29, 1.82) is 0 Å². The van der Waals surface area contributed by atoms with Crippen molar-refractivity contribution in [3.8, 4) is 11.3 Å². The molecular formula is C28H25N3OS2. The first-order valence-electron chi connectivity index (χ1n) is 11.5. The number of aryl methyl sites for hydroxylation is 1. The summed E-state index contributed by atoms with van der Waals surface area (Å²) in [6, 6.07) is 19.0. The summed E-state index contributed by atoms with van der Waals surface area (Å²) in [5.41, 5.74) is 8.09. The third-order valence-corrected chi connectivity index (χ3v) is 8.72. The predicted molar refractivity (Wildman–Crippen MR) is 141 cm³/mol.